The molecular formula is C13H21N3O2S. The second-order valence-electron chi connectivity index (χ2n) is 4.62. The van der Waals surface area contributed by atoms with E-state index < -0.39 is 0 Å². The quantitative estimate of drug-likeness (QED) is 0.638. The van der Waals surface area contributed by atoms with Gasteiger partial charge in [0.2, 0.25) is 0 Å². The number of hydrogen-bond acceptors (Lipinski definition) is 5. The van der Waals surface area contributed by atoms with E-state index in [1.807, 2.05) is 13.0 Å². The topological polar surface area (TPSA) is 76.4 Å². The van der Waals surface area contributed by atoms with Gasteiger partial charge in [0.1, 0.15) is 4.88 Å². The van der Waals surface area contributed by atoms with Crippen molar-refractivity contribution in [1.82, 2.24) is 5.32 Å². The lowest BCUT2D eigenvalue weighted by molar-refractivity contribution is 0.0956. The Morgan fingerprint density at radius 3 is 3.05 bits per heavy atom. The number of nitrogen functional groups attached to an aromatic ring is 1. The lowest BCUT2D eigenvalue weighted by atomic mass is 10.3. The summed E-state index contributed by atoms with van der Waals surface area (Å²) in [5.41, 5.74) is 6.43. The van der Waals surface area contributed by atoms with Crippen LogP contribution in [0.5, 0.6) is 0 Å². The number of rotatable bonds is 8. The highest BCUT2D eigenvalue weighted by atomic mass is 32.1. The smallest absolute Gasteiger partial charge is 0.263 e. The van der Waals surface area contributed by atoms with Crippen molar-refractivity contribution in [2.24, 2.45) is 0 Å². The molecule has 4 N–H and O–H groups in total. The summed E-state index contributed by atoms with van der Waals surface area (Å²) in [5.74, 6) is -0.0487. The van der Waals surface area contributed by atoms with Gasteiger partial charge in [-0.05, 0) is 32.3 Å². The summed E-state index contributed by atoms with van der Waals surface area (Å²) in [5, 5.41) is 7.16. The number of nitrogens with one attached hydrogen (secondary N) is 2. The van der Waals surface area contributed by atoms with E-state index in [0.717, 1.165) is 44.0 Å². The lowest BCUT2D eigenvalue weighted by Crippen LogP contribution is -2.25. The lowest BCUT2D eigenvalue weighted by Gasteiger charge is -2.03. The van der Waals surface area contributed by atoms with Gasteiger partial charge in [-0.15, -0.1) is 11.3 Å². The van der Waals surface area contributed by atoms with E-state index in [1.54, 1.807) is 0 Å². The predicted molar refractivity (Wildman–Crippen MR) is 78.8 cm³/mol. The molecule has 0 unspecified atom stereocenters. The molecule has 0 aromatic carbocycles. The first-order valence-electron chi connectivity index (χ1n) is 6.72. The van der Waals surface area contributed by atoms with E-state index in [2.05, 4.69) is 10.6 Å². The highest BCUT2D eigenvalue weighted by Gasteiger charge is 2.25. The summed E-state index contributed by atoms with van der Waals surface area (Å²) in [6.45, 7) is 4.30. The van der Waals surface area contributed by atoms with Crippen LogP contribution < -0.4 is 16.4 Å². The summed E-state index contributed by atoms with van der Waals surface area (Å²) in [7, 11) is 0. The molecule has 106 valence electrons. The minimum Gasteiger partial charge on any atom is -0.397 e. The second-order valence-corrected chi connectivity index (χ2v) is 5.67. The van der Waals surface area contributed by atoms with Crippen molar-refractivity contribution in [3.63, 3.8) is 0 Å². The Hall–Kier alpha value is -1.27. The van der Waals surface area contributed by atoms with Crippen LogP contribution in [-0.2, 0) is 4.74 Å². The number of nitrogens with two attached hydrogens (primary N) is 1. The molecule has 1 aliphatic rings. The maximum Gasteiger partial charge on any atom is 0.263 e. The van der Waals surface area contributed by atoms with Crippen LogP contribution in [0.4, 0.5) is 10.7 Å². The summed E-state index contributed by atoms with van der Waals surface area (Å²) in [6, 6.07) is 2.18. The Kier molecular flexibility index (Phi) is 5.04. The van der Waals surface area contributed by atoms with Crippen molar-refractivity contribution in [2.75, 3.05) is 30.8 Å². The predicted octanol–water partition coefficient (Wildman–Crippen LogP) is 2.06. The molecule has 0 radical (unpaired) electrons. The highest BCUT2D eigenvalue weighted by Crippen LogP contribution is 2.30. The zero-order valence-electron chi connectivity index (χ0n) is 11.2. The van der Waals surface area contributed by atoms with E-state index in [-0.39, 0.29) is 5.91 Å². The number of carbonyl (C=O) groups is 1. The molecule has 0 saturated heterocycles. The number of hydrogen-bond donors (Lipinski definition) is 3. The third kappa shape index (κ3) is 4.40. The van der Waals surface area contributed by atoms with E-state index in [0.29, 0.717) is 16.6 Å². The zero-order chi connectivity index (χ0) is 13.7. The van der Waals surface area contributed by atoms with Crippen LogP contribution in [0, 0.1) is 0 Å². The third-order valence-electron chi connectivity index (χ3n) is 2.85. The molecule has 1 aliphatic carbocycles. The van der Waals surface area contributed by atoms with Crippen LogP contribution in [0.2, 0.25) is 0 Å². The van der Waals surface area contributed by atoms with Crippen LogP contribution in [0.15, 0.2) is 6.07 Å². The maximum atomic E-state index is 11.9. The van der Waals surface area contributed by atoms with Gasteiger partial charge < -0.3 is 21.1 Å². The molecule has 2 rings (SSSR count). The molecule has 0 bridgehead atoms. The van der Waals surface area contributed by atoms with E-state index >= 15 is 0 Å². The highest BCUT2D eigenvalue weighted by molar-refractivity contribution is 7.18. The summed E-state index contributed by atoms with van der Waals surface area (Å²) in [6.07, 6.45) is 3.11. The monoisotopic (exact) mass is 283 g/mol. The molecule has 19 heavy (non-hydrogen) atoms. The normalized spacial score (nSPS) is 14.4. The molecule has 1 aromatic rings. The van der Waals surface area contributed by atoms with Gasteiger partial charge in [-0.1, -0.05) is 0 Å². The molecule has 1 fully saturated rings. The number of amides is 1. The molecular weight excluding hydrogens is 262 g/mol. The molecule has 1 saturated carbocycles. The SMILES string of the molecule is CCOCCCNc1cc(N)c(C(=O)NC2CC2)s1. The fourth-order valence-corrected chi connectivity index (χ4v) is 2.59. The van der Waals surface area contributed by atoms with Crippen LogP contribution in [0.3, 0.4) is 0 Å². The van der Waals surface area contributed by atoms with Gasteiger partial charge in [0, 0.05) is 25.8 Å². The second kappa shape index (κ2) is 6.77. The molecule has 0 spiro atoms. The van der Waals surface area contributed by atoms with Crippen molar-refractivity contribution in [2.45, 2.75) is 32.2 Å². The van der Waals surface area contributed by atoms with E-state index in [9.17, 15) is 4.79 Å². The van der Waals surface area contributed by atoms with Crippen molar-refractivity contribution >= 4 is 27.9 Å². The van der Waals surface area contributed by atoms with Gasteiger partial charge in [-0.2, -0.15) is 0 Å². The van der Waals surface area contributed by atoms with Gasteiger partial charge in [0.05, 0.1) is 10.7 Å². The van der Waals surface area contributed by atoms with Gasteiger partial charge in [-0.25, -0.2) is 0 Å². The first-order valence-corrected chi connectivity index (χ1v) is 7.54. The minimum atomic E-state index is -0.0487. The Bertz CT molecular complexity index is 430. The Morgan fingerprint density at radius 2 is 2.37 bits per heavy atom. The van der Waals surface area contributed by atoms with Crippen LogP contribution in [0.1, 0.15) is 35.9 Å². The number of thiophene rings is 1. The van der Waals surface area contributed by atoms with Crippen molar-refractivity contribution in [3.8, 4) is 0 Å². The van der Waals surface area contributed by atoms with Crippen LogP contribution in [-0.4, -0.2) is 31.7 Å². The van der Waals surface area contributed by atoms with E-state index in [1.165, 1.54) is 11.3 Å². The molecule has 1 aromatic heterocycles. The average Bonchev–Trinajstić information content (AvgIpc) is 3.11. The zero-order valence-corrected chi connectivity index (χ0v) is 12.0. The Balaban J connectivity index is 1.80. The van der Waals surface area contributed by atoms with Gasteiger partial charge in [0.15, 0.2) is 0 Å². The fraction of sp³-hybridized carbons (Fsp3) is 0.615. The van der Waals surface area contributed by atoms with Crippen molar-refractivity contribution in [1.29, 1.82) is 0 Å². The van der Waals surface area contributed by atoms with Gasteiger partial charge in [-0.3, -0.25) is 4.79 Å². The largest absolute Gasteiger partial charge is 0.397 e. The van der Waals surface area contributed by atoms with Crippen LogP contribution >= 0.6 is 11.3 Å². The number of anilines is 2. The Labute approximate surface area is 117 Å². The summed E-state index contributed by atoms with van der Waals surface area (Å²) >= 11 is 1.41. The maximum absolute atomic E-state index is 11.9. The van der Waals surface area contributed by atoms with Crippen LogP contribution in [0.25, 0.3) is 0 Å². The molecule has 6 heteroatoms. The molecule has 5 nitrogen and oxygen atoms in total. The third-order valence-corrected chi connectivity index (χ3v) is 3.96. The first-order chi connectivity index (χ1) is 9.20. The van der Waals surface area contributed by atoms with Gasteiger partial charge >= 0.3 is 0 Å². The minimum absolute atomic E-state index is 0.0487. The number of ether oxygens (including phenoxy) is 1. The summed E-state index contributed by atoms with van der Waals surface area (Å²) in [4.78, 5) is 12.5. The molecule has 0 aliphatic heterocycles. The van der Waals surface area contributed by atoms with Crippen molar-refractivity contribution in [3.05, 3.63) is 10.9 Å². The molecule has 1 amide bonds. The van der Waals surface area contributed by atoms with Crippen molar-refractivity contribution < 1.29 is 9.53 Å². The average molecular weight is 283 g/mol. The molecule has 1 heterocycles. The first kappa shape index (κ1) is 14.1. The molecule has 0 atom stereocenters. The van der Waals surface area contributed by atoms with Gasteiger partial charge in [0.25, 0.3) is 5.91 Å². The summed E-state index contributed by atoms with van der Waals surface area (Å²) < 4.78 is 5.26. The number of carbonyl (C=O) groups excluding carboxylic acids is 1. The standard InChI is InChI=1S/C13H21N3O2S/c1-2-18-7-3-6-15-11-8-10(14)12(19-11)13(17)16-9-4-5-9/h8-9,15H,2-7,14H2,1H3,(H,16,17). The fourth-order valence-electron chi connectivity index (χ4n) is 1.68. The Morgan fingerprint density at radius 1 is 1.58 bits per heavy atom. The van der Waals surface area contributed by atoms with E-state index in [4.69, 9.17) is 10.5 Å².